The third-order valence-corrected chi connectivity index (χ3v) is 4.90. The lowest BCUT2D eigenvalue weighted by Gasteiger charge is -2.25. The van der Waals surface area contributed by atoms with Crippen LogP contribution in [0, 0.1) is 0 Å². The van der Waals surface area contributed by atoms with Gasteiger partial charge in [0, 0.05) is 13.1 Å². The molecule has 0 saturated carbocycles. The minimum absolute atomic E-state index is 0.0439. The highest BCUT2D eigenvalue weighted by atomic mass is 32.2. The third-order valence-electron chi connectivity index (χ3n) is 3.97. The van der Waals surface area contributed by atoms with Gasteiger partial charge in [0.1, 0.15) is 0 Å². The molecule has 0 aromatic heterocycles. The van der Waals surface area contributed by atoms with Crippen LogP contribution in [0.1, 0.15) is 17.2 Å². The van der Waals surface area contributed by atoms with Gasteiger partial charge in [-0.2, -0.15) is 0 Å². The maximum absolute atomic E-state index is 12.0. The molecule has 2 amide bonds. The quantitative estimate of drug-likeness (QED) is 0.680. The van der Waals surface area contributed by atoms with Gasteiger partial charge in [-0.15, -0.1) is 0 Å². The van der Waals surface area contributed by atoms with E-state index in [9.17, 15) is 13.2 Å². The van der Waals surface area contributed by atoms with Crippen molar-refractivity contribution < 1.29 is 13.2 Å². The normalized spacial score (nSPS) is 12.6. The molecule has 2 aromatic rings. The van der Waals surface area contributed by atoms with Gasteiger partial charge in [0.2, 0.25) is 10.0 Å². The van der Waals surface area contributed by atoms with Crippen molar-refractivity contribution in [3.63, 3.8) is 0 Å². The van der Waals surface area contributed by atoms with Crippen molar-refractivity contribution in [1.29, 1.82) is 0 Å². The molecule has 7 nitrogen and oxygen atoms in total. The molecule has 0 aliphatic rings. The van der Waals surface area contributed by atoms with E-state index in [1.807, 2.05) is 49.3 Å². The van der Waals surface area contributed by atoms with Crippen LogP contribution < -0.4 is 15.8 Å². The minimum Gasteiger partial charge on any atom is -0.336 e. The Bertz CT molecular complexity index is 821. The second kappa shape index (κ2) is 8.79. The van der Waals surface area contributed by atoms with Gasteiger partial charge in [-0.25, -0.2) is 18.4 Å². The van der Waals surface area contributed by atoms with Crippen molar-refractivity contribution >= 4 is 16.1 Å². The lowest BCUT2D eigenvalue weighted by molar-refractivity contribution is 0.232. The molecule has 0 heterocycles. The number of hydrogen-bond acceptors (Lipinski definition) is 4. The van der Waals surface area contributed by atoms with E-state index in [1.165, 1.54) is 12.1 Å². The van der Waals surface area contributed by atoms with Crippen LogP contribution in [0.2, 0.25) is 0 Å². The summed E-state index contributed by atoms with van der Waals surface area (Å²) in [6.07, 6.45) is 0. The fraction of sp³-hybridized carbons (Fsp3) is 0.278. The Morgan fingerprint density at radius 1 is 1.04 bits per heavy atom. The van der Waals surface area contributed by atoms with Gasteiger partial charge < -0.3 is 15.5 Å². The second-order valence-corrected chi connectivity index (χ2v) is 7.70. The largest absolute Gasteiger partial charge is 0.336 e. The molecule has 0 aliphatic heterocycles. The second-order valence-electron chi connectivity index (χ2n) is 6.14. The number of urea groups is 1. The molecule has 2 aromatic carbocycles. The maximum atomic E-state index is 12.0. The van der Waals surface area contributed by atoms with Crippen molar-refractivity contribution in [2.24, 2.45) is 5.14 Å². The molecule has 140 valence electrons. The van der Waals surface area contributed by atoms with E-state index >= 15 is 0 Å². The number of primary sulfonamides is 1. The van der Waals surface area contributed by atoms with Crippen LogP contribution in [0.25, 0.3) is 0 Å². The Labute approximate surface area is 154 Å². The molecule has 4 N–H and O–H groups in total. The van der Waals surface area contributed by atoms with Gasteiger partial charge in [0.05, 0.1) is 10.9 Å². The van der Waals surface area contributed by atoms with E-state index in [0.29, 0.717) is 6.54 Å². The van der Waals surface area contributed by atoms with Crippen LogP contribution in [-0.2, 0) is 16.6 Å². The van der Waals surface area contributed by atoms with E-state index in [4.69, 9.17) is 5.14 Å². The number of nitrogens with zero attached hydrogens (tertiary/aromatic N) is 1. The fourth-order valence-corrected chi connectivity index (χ4v) is 3.02. The first kappa shape index (κ1) is 19.9. The molecular formula is C18H24N4O3S. The first-order chi connectivity index (χ1) is 12.3. The monoisotopic (exact) mass is 376 g/mol. The van der Waals surface area contributed by atoms with Gasteiger partial charge in [-0.3, -0.25) is 0 Å². The van der Waals surface area contributed by atoms with Crippen molar-refractivity contribution in [2.45, 2.75) is 17.5 Å². The first-order valence-electron chi connectivity index (χ1n) is 8.12. The number of amides is 2. The predicted octanol–water partition coefficient (Wildman–Crippen LogP) is 1.44. The molecule has 0 bridgehead atoms. The standard InChI is InChI=1S/C18H24N4O3S/c1-22(2)17(15-6-4-3-5-7-15)13-21-18(23)20-12-14-8-10-16(11-9-14)26(19,24)25/h3-11,17H,12-13H2,1-2H3,(H2,19,24,25)(H2,20,21,23)/t17-/m0/s1. The Kier molecular flexibility index (Phi) is 6.73. The fourth-order valence-electron chi connectivity index (χ4n) is 2.50. The smallest absolute Gasteiger partial charge is 0.315 e. The Balaban J connectivity index is 1.86. The number of hydrogen-bond donors (Lipinski definition) is 3. The highest BCUT2D eigenvalue weighted by Crippen LogP contribution is 2.16. The van der Waals surface area contributed by atoms with E-state index < -0.39 is 10.0 Å². The summed E-state index contributed by atoms with van der Waals surface area (Å²) in [6, 6.07) is 15.8. The number of benzene rings is 2. The Morgan fingerprint density at radius 3 is 2.19 bits per heavy atom. The number of carbonyl (C=O) groups excluding carboxylic acids is 1. The van der Waals surface area contributed by atoms with Crippen LogP contribution in [0.5, 0.6) is 0 Å². The molecule has 0 aliphatic carbocycles. The van der Waals surface area contributed by atoms with Crippen LogP contribution in [-0.4, -0.2) is 40.0 Å². The van der Waals surface area contributed by atoms with Crippen molar-refractivity contribution in [1.82, 2.24) is 15.5 Å². The number of likely N-dealkylation sites (N-methyl/N-ethyl adjacent to an activating group) is 1. The highest BCUT2D eigenvalue weighted by Gasteiger charge is 2.14. The van der Waals surface area contributed by atoms with Crippen LogP contribution in [0.3, 0.4) is 0 Å². The zero-order chi connectivity index (χ0) is 19.2. The Hall–Kier alpha value is -2.42. The van der Waals surface area contributed by atoms with E-state index in [-0.39, 0.29) is 23.5 Å². The summed E-state index contributed by atoms with van der Waals surface area (Å²) in [5, 5.41) is 10.7. The lowest BCUT2D eigenvalue weighted by atomic mass is 10.1. The molecule has 2 rings (SSSR count). The van der Waals surface area contributed by atoms with Crippen molar-refractivity contribution in [3.8, 4) is 0 Å². The average molecular weight is 376 g/mol. The molecular weight excluding hydrogens is 352 g/mol. The number of nitrogens with two attached hydrogens (primary N) is 1. The molecule has 8 heteroatoms. The number of nitrogens with one attached hydrogen (secondary N) is 2. The maximum Gasteiger partial charge on any atom is 0.315 e. The zero-order valence-corrected chi connectivity index (χ0v) is 15.7. The van der Waals surface area contributed by atoms with E-state index in [2.05, 4.69) is 10.6 Å². The van der Waals surface area contributed by atoms with Crippen LogP contribution in [0.15, 0.2) is 59.5 Å². The highest BCUT2D eigenvalue weighted by molar-refractivity contribution is 7.89. The molecule has 26 heavy (non-hydrogen) atoms. The number of carbonyl (C=O) groups is 1. The average Bonchev–Trinajstić information content (AvgIpc) is 2.60. The van der Waals surface area contributed by atoms with Crippen molar-refractivity contribution in [2.75, 3.05) is 20.6 Å². The van der Waals surface area contributed by atoms with Gasteiger partial charge in [-0.05, 0) is 37.4 Å². The minimum atomic E-state index is -3.71. The number of sulfonamides is 1. The summed E-state index contributed by atoms with van der Waals surface area (Å²) in [5.74, 6) is 0. The first-order valence-corrected chi connectivity index (χ1v) is 9.67. The van der Waals surface area contributed by atoms with Gasteiger partial charge in [0.25, 0.3) is 0 Å². The summed E-state index contributed by atoms with van der Waals surface area (Å²) >= 11 is 0. The van der Waals surface area contributed by atoms with E-state index in [1.54, 1.807) is 12.1 Å². The molecule has 0 spiro atoms. The summed E-state index contributed by atoms with van der Waals surface area (Å²) in [6.45, 7) is 0.752. The van der Waals surface area contributed by atoms with E-state index in [0.717, 1.165) is 11.1 Å². The number of rotatable bonds is 7. The van der Waals surface area contributed by atoms with Gasteiger partial charge in [0.15, 0.2) is 0 Å². The predicted molar refractivity (Wildman–Crippen MR) is 101 cm³/mol. The zero-order valence-electron chi connectivity index (χ0n) is 14.8. The molecule has 0 fully saturated rings. The Morgan fingerprint density at radius 2 is 1.65 bits per heavy atom. The summed E-state index contributed by atoms with van der Waals surface area (Å²) in [5.41, 5.74) is 1.90. The lowest BCUT2D eigenvalue weighted by Crippen LogP contribution is -2.40. The molecule has 0 unspecified atom stereocenters. The topological polar surface area (TPSA) is 105 Å². The molecule has 0 radical (unpaired) electrons. The molecule has 1 atom stereocenters. The van der Waals surface area contributed by atoms with Crippen molar-refractivity contribution in [3.05, 3.63) is 65.7 Å². The third kappa shape index (κ3) is 5.83. The summed E-state index contributed by atoms with van der Waals surface area (Å²) in [4.78, 5) is 14.1. The SMILES string of the molecule is CN(C)[C@@H](CNC(=O)NCc1ccc(S(N)(=O)=O)cc1)c1ccccc1. The van der Waals surface area contributed by atoms with Gasteiger partial charge in [-0.1, -0.05) is 42.5 Å². The van der Waals surface area contributed by atoms with Crippen LogP contribution in [0.4, 0.5) is 4.79 Å². The summed E-state index contributed by atoms with van der Waals surface area (Å²) < 4.78 is 22.5. The summed E-state index contributed by atoms with van der Waals surface area (Å²) in [7, 11) is 0.217. The molecule has 0 saturated heterocycles. The van der Waals surface area contributed by atoms with Crippen LogP contribution >= 0.6 is 0 Å². The van der Waals surface area contributed by atoms with Gasteiger partial charge >= 0.3 is 6.03 Å².